The highest BCUT2D eigenvalue weighted by atomic mass is 16.5. The summed E-state index contributed by atoms with van der Waals surface area (Å²) >= 11 is 0. The molecule has 13 rings (SSSR count). The van der Waals surface area contributed by atoms with Gasteiger partial charge in [0.2, 0.25) is 0 Å². The minimum absolute atomic E-state index is 0.282. The van der Waals surface area contributed by atoms with Crippen LogP contribution in [0.1, 0.15) is 112 Å². The summed E-state index contributed by atoms with van der Waals surface area (Å²) < 4.78 is 11.5. The molecule has 0 atom stereocenters. The SMILES string of the molecule is COc1ccc(-c2cc3c(cc2-c2ccc(OC)cc2)-c2nc-3c(-c3ccc(C(C)C)cc3)c3ccc([nH]3)c(-c3ccc(C(C)C)cc3)c3nc(c(-c4ccc(C(C)C)cc4)c4ccc([nH]4)c2-c2ccc(C(C)C)cc2)-c2cc(C#N)c(C#N)cc2-3)cc1. The molecule has 2 aliphatic rings. The van der Waals surface area contributed by atoms with Crippen LogP contribution in [0.3, 0.4) is 0 Å². The second-order valence-electron chi connectivity index (χ2n) is 24.4. The molecule has 2 aliphatic heterocycles. The fraction of sp³-hybridized carbons (Fsp3) is 0.175. The molecule has 0 saturated carbocycles. The number of ether oxygens (including phenoxy) is 2. The third-order valence-corrected chi connectivity index (χ3v) is 17.7. The normalized spacial score (nSPS) is 11.7. The number of benzene rings is 8. The van der Waals surface area contributed by atoms with E-state index in [1.54, 1.807) is 14.2 Å². The third kappa shape index (κ3) is 10.1. The first-order chi connectivity index (χ1) is 42.7. The van der Waals surface area contributed by atoms with Gasteiger partial charge in [-0.05, 0) is 163 Å². The summed E-state index contributed by atoms with van der Waals surface area (Å²) in [6.45, 7) is 17.7. The molecule has 430 valence electrons. The van der Waals surface area contributed by atoms with E-state index >= 15 is 0 Å². The molecule has 8 nitrogen and oxygen atoms in total. The zero-order chi connectivity index (χ0) is 61.1. The van der Waals surface area contributed by atoms with Crippen LogP contribution in [-0.2, 0) is 0 Å². The van der Waals surface area contributed by atoms with E-state index in [0.29, 0.717) is 35.1 Å². The zero-order valence-corrected chi connectivity index (χ0v) is 51.4. The number of nitrogens with zero attached hydrogens (tertiary/aromatic N) is 4. The molecule has 8 bridgehead atoms. The summed E-state index contributed by atoms with van der Waals surface area (Å²) in [5.41, 5.74) is 26.8. The molecule has 0 spiro atoms. The summed E-state index contributed by atoms with van der Waals surface area (Å²) in [5.74, 6) is 2.76. The summed E-state index contributed by atoms with van der Waals surface area (Å²) in [7, 11) is 3.40. The first kappa shape index (κ1) is 56.6. The van der Waals surface area contributed by atoms with E-state index in [1.807, 2.05) is 36.4 Å². The van der Waals surface area contributed by atoms with Gasteiger partial charge in [0.1, 0.15) is 23.6 Å². The van der Waals surface area contributed by atoms with Gasteiger partial charge in [-0.25, -0.2) is 9.97 Å². The van der Waals surface area contributed by atoms with Crippen molar-refractivity contribution in [2.45, 2.75) is 79.1 Å². The predicted octanol–water partition coefficient (Wildman–Crippen LogP) is 21.2. The van der Waals surface area contributed by atoms with E-state index in [9.17, 15) is 10.5 Å². The number of rotatable bonds is 12. The first-order valence-corrected chi connectivity index (χ1v) is 30.4. The van der Waals surface area contributed by atoms with Gasteiger partial charge in [0, 0.05) is 66.6 Å². The van der Waals surface area contributed by atoms with Crippen molar-refractivity contribution in [3.05, 3.63) is 228 Å². The Morgan fingerprint density at radius 2 is 0.545 bits per heavy atom. The highest BCUT2D eigenvalue weighted by Crippen LogP contribution is 2.52. The number of hydrogen-bond donors (Lipinski definition) is 2. The highest BCUT2D eigenvalue weighted by molar-refractivity contribution is 6.09. The van der Waals surface area contributed by atoms with Crippen LogP contribution in [0.25, 0.3) is 134 Å². The molecule has 8 heteroatoms. The van der Waals surface area contributed by atoms with E-state index in [1.165, 1.54) is 22.3 Å². The quantitative estimate of drug-likeness (QED) is 0.126. The number of hydrogen-bond acceptors (Lipinski definition) is 6. The Kier molecular flexibility index (Phi) is 14.8. The molecular formula is C80H68N6O2. The molecule has 0 aliphatic carbocycles. The summed E-state index contributed by atoms with van der Waals surface area (Å²) in [5, 5.41) is 21.6. The van der Waals surface area contributed by atoms with Gasteiger partial charge in [0.15, 0.2) is 0 Å². The molecule has 0 radical (unpaired) electrons. The molecule has 11 aromatic rings. The molecule has 2 N–H and O–H groups in total. The van der Waals surface area contributed by atoms with Crippen molar-refractivity contribution < 1.29 is 9.47 Å². The topological polar surface area (TPSA) is 123 Å². The Bertz CT molecular complexity index is 4480. The second-order valence-corrected chi connectivity index (χ2v) is 24.4. The fourth-order valence-electron chi connectivity index (χ4n) is 12.6. The number of aromatic nitrogens is 4. The van der Waals surface area contributed by atoms with Crippen LogP contribution in [0, 0.1) is 22.7 Å². The van der Waals surface area contributed by atoms with E-state index in [-0.39, 0.29) is 11.1 Å². The average Bonchev–Trinajstić information content (AvgIpc) is 4.53. The Balaban J connectivity index is 1.28. The van der Waals surface area contributed by atoms with Crippen molar-refractivity contribution in [1.82, 2.24) is 19.9 Å². The van der Waals surface area contributed by atoms with Crippen molar-refractivity contribution >= 4 is 22.1 Å². The Morgan fingerprint density at radius 3 is 0.773 bits per heavy atom. The summed E-state index contributed by atoms with van der Waals surface area (Å²) in [4.78, 5) is 20.1. The van der Waals surface area contributed by atoms with Gasteiger partial charge in [-0.15, -0.1) is 0 Å². The van der Waals surface area contributed by atoms with Gasteiger partial charge in [-0.3, -0.25) is 0 Å². The Morgan fingerprint density at radius 1 is 0.307 bits per heavy atom. The lowest BCUT2D eigenvalue weighted by molar-refractivity contribution is 0.414. The van der Waals surface area contributed by atoms with E-state index in [0.717, 1.165) is 134 Å². The largest absolute Gasteiger partial charge is 0.497 e. The van der Waals surface area contributed by atoms with Crippen molar-refractivity contribution in [1.29, 1.82) is 10.5 Å². The van der Waals surface area contributed by atoms with E-state index in [4.69, 9.17) is 19.4 Å². The lowest BCUT2D eigenvalue weighted by atomic mass is 9.86. The molecule has 0 unspecified atom stereocenters. The standard InChI is InChI=1S/C80H68N6O2/c1-45(2)49-11-19-55(20-12-49)73-69-35-37-71(83-69)75(57-23-15-51(16-24-57)47(5)6)79-67-41-63(53-27-31-61(87-9)32-28-53)64(54-29-33-62(88-10)34-30-54)42-68(67)80(86-79)76(58-25-17-52(18-26-58)48(7)8)72-38-36-70(84-72)74(56-21-13-50(14-22-56)46(3)4)78-66-40-60(44-82)59(43-81)39-65(66)77(73)85-78/h11-42,45-48,83-84H,1-10H3. The maximum Gasteiger partial charge on any atom is 0.118 e. The number of aromatic amines is 2. The average molecular weight is 1150 g/mol. The molecule has 0 saturated heterocycles. The van der Waals surface area contributed by atoms with Gasteiger partial charge in [-0.1, -0.05) is 177 Å². The van der Waals surface area contributed by atoms with Crippen LogP contribution in [0.4, 0.5) is 0 Å². The Labute approximate surface area is 515 Å². The molecule has 88 heavy (non-hydrogen) atoms. The lowest BCUT2D eigenvalue weighted by Gasteiger charge is -2.16. The third-order valence-electron chi connectivity index (χ3n) is 17.7. The van der Waals surface area contributed by atoms with Crippen LogP contribution in [0.15, 0.2) is 194 Å². The van der Waals surface area contributed by atoms with Crippen molar-refractivity contribution in [3.63, 3.8) is 0 Å². The number of nitrogens with one attached hydrogen (secondary N) is 2. The van der Waals surface area contributed by atoms with Crippen molar-refractivity contribution in [2.24, 2.45) is 0 Å². The molecule has 0 fully saturated rings. The van der Waals surface area contributed by atoms with Gasteiger partial charge >= 0.3 is 0 Å². The van der Waals surface area contributed by atoms with E-state index < -0.39 is 0 Å². The second kappa shape index (κ2) is 23.0. The van der Waals surface area contributed by atoms with Crippen LogP contribution in [-0.4, -0.2) is 34.2 Å². The Hall–Kier alpha value is -10.5. The number of fused-ring (bicyclic) bond motifs is 14. The van der Waals surface area contributed by atoms with Gasteiger partial charge < -0.3 is 19.4 Å². The minimum Gasteiger partial charge on any atom is -0.497 e. The lowest BCUT2D eigenvalue weighted by Crippen LogP contribution is -1.92. The van der Waals surface area contributed by atoms with Crippen LogP contribution >= 0.6 is 0 Å². The maximum atomic E-state index is 10.8. The molecular weight excluding hydrogens is 1080 g/mol. The van der Waals surface area contributed by atoms with Crippen LogP contribution < -0.4 is 9.47 Å². The highest BCUT2D eigenvalue weighted by Gasteiger charge is 2.31. The van der Waals surface area contributed by atoms with Gasteiger partial charge in [-0.2, -0.15) is 10.5 Å². The molecule has 5 heterocycles. The van der Waals surface area contributed by atoms with Crippen molar-refractivity contribution in [2.75, 3.05) is 14.2 Å². The predicted molar refractivity (Wildman–Crippen MR) is 361 cm³/mol. The maximum absolute atomic E-state index is 10.8. The fourth-order valence-corrected chi connectivity index (χ4v) is 12.6. The van der Waals surface area contributed by atoms with Crippen molar-refractivity contribution in [3.8, 4) is 135 Å². The summed E-state index contributed by atoms with van der Waals surface area (Å²) in [6.07, 6.45) is 0. The van der Waals surface area contributed by atoms with Crippen LogP contribution in [0.5, 0.6) is 11.5 Å². The molecule has 3 aromatic heterocycles. The van der Waals surface area contributed by atoms with E-state index in [2.05, 4.69) is 235 Å². The number of nitriles is 2. The van der Waals surface area contributed by atoms with Gasteiger partial charge in [0.25, 0.3) is 0 Å². The van der Waals surface area contributed by atoms with Gasteiger partial charge in [0.05, 0.1) is 48.1 Å². The zero-order valence-electron chi connectivity index (χ0n) is 51.4. The monoisotopic (exact) mass is 1140 g/mol. The minimum atomic E-state index is 0.282. The number of methoxy groups -OCH3 is 2. The smallest absolute Gasteiger partial charge is 0.118 e. The molecule has 8 aromatic carbocycles. The molecule has 0 amide bonds. The van der Waals surface area contributed by atoms with Crippen LogP contribution in [0.2, 0.25) is 0 Å². The summed E-state index contributed by atoms with van der Waals surface area (Å²) in [6, 6.07) is 73.9. The number of H-pyrrole nitrogens is 2. The first-order valence-electron chi connectivity index (χ1n) is 30.4.